The van der Waals surface area contributed by atoms with Gasteiger partial charge < -0.3 is 4.57 Å². The Balaban J connectivity index is 2.56. The van der Waals surface area contributed by atoms with Gasteiger partial charge in [0.05, 0.1) is 5.56 Å². The number of hydrogen-bond acceptors (Lipinski definition) is 3. The zero-order valence-electron chi connectivity index (χ0n) is 11.0. The molecule has 0 amide bonds. The molecule has 0 aliphatic heterocycles. The van der Waals surface area contributed by atoms with Crippen LogP contribution in [0.15, 0.2) is 15.8 Å². The predicted octanol–water partition coefficient (Wildman–Crippen LogP) is 0.847. The molecule has 0 aromatic carbocycles. The van der Waals surface area contributed by atoms with Crippen molar-refractivity contribution in [3.05, 3.63) is 32.6 Å². The van der Waals surface area contributed by atoms with Crippen molar-refractivity contribution in [3.63, 3.8) is 0 Å². The van der Waals surface area contributed by atoms with Crippen LogP contribution in [0.4, 0.5) is 0 Å². The zero-order valence-corrected chi connectivity index (χ0v) is 11.0. The van der Waals surface area contributed by atoms with Gasteiger partial charge in [-0.05, 0) is 12.8 Å². The highest BCUT2D eigenvalue weighted by Crippen LogP contribution is 2.39. The lowest BCUT2D eigenvalue weighted by atomic mass is 9.81. The van der Waals surface area contributed by atoms with E-state index in [1.807, 2.05) is 6.92 Å². The predicted molar refractivity (Wildman–Crippen MR) is 67.8 cm³/mol. The van der Waals surface area contributed by atoms with E-state index in [0.717, 1.165) is 30.3 Å². The first-order valence-electron chi connectivity index (χ1n) is 6.18. The van der Waals surface area contributed by atoms with Crippen LogP contribution in [0, 0.1) is 5.41 Å². The summed E-state index contributed by atoms with van der Waals surface area (Å²) in [5, 5.41) is 0. The minimum Gasteiger partial charge on any atom is -0.303 e. The van der Waals surface area contributed by atoms with Crippen molar-refractivity contribution in [2.45, 2.75) is 32.6 Å². The van der Waals surface area contributed by atoms with Crippen LogP contribution in [0.2, 0.25) is 0 Å². The Hall–Kier alpha value is -1.65. The summed E-state index contributed by atoms with van der Waals surface area (Å²) in [4.78, 5) is 36.1. The SMILES string of the molecule is Cn1cc(C(=O)C2(C)CCCC2)c(=O)n(C)c1=O. The number of carbonyl (C=O) groups is 1. The summed E-state index contributed by atoms with van der Waals surface area (Å²) >= 11 is 0. The van der Waals surface area contributed by atoms with E-state index in [9.17, 15) is 14.4 Å². The van der Waals surface area contributed by atoms with Gasteiger partial charge in [-0.2, -0.15) is 0 Å². The molecule has 0 unspecified atom stereocenters. The molecule has 1 aliphatic rings. The number of aromatic nitrogens is 2. The fourth-order valence-electron chi connectivity index (χ4n) is 2.67. The average Bonchev–Trinajstić information content (AvgIpc) is 2.78. The Bertz CT molecular complexity index is 604. The van der Waals surface area contributed by atoms with E-state index in [2.05, 4.69) is 0 Å². The smallest absolute Gasteiger partial charge is 0.303 e. The van der Waals surface area contributed by atoms with E-state index >= 15 is 0 Å². The zero-order chi connectivity index (χ0) is 13.5. The van der Waals surface area contributed by atoms with Gasteiger partial charge in [0.15, 0.2) is 5.78 Å². The Morgan fingerprint density at radius 3 is 2.33 bits per heavy atom. The molecule has 1 aromatic heterocycles. The first kappa shape index (κ1) is 12.8. The van der Waals surface area contributed by atoms with Crippen LogP contribution in [-0.2, 0) is 14.1 Å². The van der Waals surface area contributed by atoms with E-state index in [0.29, 0.717) is 0 Å². The molecule has 5 heteroatoms. The maximum Gasteiger partial charge on any atom is 0.330 e. The number of rotatable bonds is 2. The lowest BCUT2D eigenvalue weighted by Crippen LogP contribution is -2.41. The molecule has 0 N–H and O–H groups in total. The second-order valence-electron chi connectivity index (χ2n) is 5.40. The molecule has 1 saturated carbocycles. The molecule has 0 bridgehead atoms. The molecule has 0 spiro atoms. The van der Waals surface area contributed by atoms with Crippen molar-refractivity contribution >= 4 is 5.78 Å². The highest BCUT2D eigenvalue weighted by Gasteiger charge is 2.38. The van der Waals surface area contributed by atoms with Crippen LogP contribution >= 0.6 is 0 Å². The molecule has 0 saturated heterocycles. The van der Waals surface area contributed by atoms with E-state index in [-0.39, 0.29) is 11.3 Å². The molecule has 1 fully saturated rings. The summed E-state index contributed by atoms with van der Waals surface area (Å²) in [5.74, 6) is -0.129. The van der Waals surface area contributed by atoms with Crippen molar-refractivity contribution in [3.8, 4) is 0 Å². The third-order valence-electron chi connectivity index (χ3n) is 3.95. The Labute approximate surface area is 105 Å². The molecule has 0 atom stereocenters. The topological polar surface area (TPSA) is 61.1 Å². The molecular formula is C13H18N2O3. The number of ketones is 1. The van der Waals surface area contributed by atoms with Crippen molar-refractivity contribution in [1.82, 2.24) is 9.13 Å². The second kappa shape index (κ2) is 4.23. The Morgan fingerprint density at radius 1 is 1.22 bits per heavy atom. The third-order valence-corrected chi connectivity index (χ3v) is 3.95. The van der Waals surface area contributed by atoms with Crippen molar-refractivity contribution in [2.75, 3.05) is 0 Å². The first-order chi connectivity index (χ1) is 8.37. The maximum absolute atomic E-state index is 12.5. The van der Waals surface area contributed by atoms with Crippen molar-refractivity contribution in [1.29, 1.82) is 0 Å². The van der Waals surface area contributed by atoms with Gasteiger partial charge in [-0.15, -0.1) is 0 Å². The lowest BCUT2D eigenvalue weighted by molar-refractivity contribution is 0.0820. The monoisotopic (exact) mass is 250 g/mol. The number of hydrogen-bond donors (Lipinski definition) is 0. The van der Waals surface area contributed by atoms with E-state index < -0.39 is 16.7 Å². The van der Waals surface area contributed by atoms with Crippen LogP contribution < -0.4 is 11.2 Å². The fraction of sp³-hybridized carbons (Fsp3) is 0.615. The summed E-state index contributed by atoms with van der Waals surface area (Å²) < 4.78 is 2.28. The minimum absolute atomic E-state index is 0.129. The van der Waals surface area contributed by atoms with E-state index in [1.54, 1.807) is 7.05 Å². The van der Waals surface area contributed by atoms with Gasteiger partial charge in [-0.3, -0.25) is 14.2 Å². The normalized spacial score (nSPS) is 17.9. The molecule has 0 radical (unpaired) electrons. The van der Waals surface area contributed by atoms with Crippen molar-refractivity contribution in [2.24, 2.45) is 19.5 Å². The molecular weight excluding hydrogens is 232 g/mol. The van der Waals surface area contributed by atoms with Crippen LogP contribution in [0.25, 0.3) is 0 Å². The van der Waals surface area contributed by atoms with Gasteiger partial charge in [0, 0.05) is 25.7 Å². The summed E-state index contributed by atoms with van der Waals surface area (Å²) in [6, 6.07) is 0. The van der Waals surface area contributed by atoms with Crippen LogP contribution in [0.1, 0.15) is 43.0 Å². The fourth-order valence-corrected chi connectivity index (χ4v) is 2.67. The molecule has 1 aromatic rings. The largest absolute Gasteiger partial charge is 0.330 e. The molecule has 2 rings (SSSR count). The summed E-state index contributed by atoms with van der Waals surface area (Å²) in [6.07, 6.45) is 5.05. The third kappa shape index (κ3) is 1.83. The maximum atomic E-state index is 12.5. The highest BCUT2D eigenvalue weighted by molar-refractivity contribution is 5.99. The first-order valence-corrected chi connectivity index (χ1v) is 6.18. The summed E-state index contributed by atoms with van der Waals surface area (Å²) in [6.45, 7) is 1.91. The number of carbonyl (C=O) groups excluding carboxylic acids is 1. The van der Waals surface area contributed by atoms with Gasteiger partial charge >= 0.3 is 5.69 Å². The molecule has 18 heavy (non-hydrogen) atoms. The lowest BCUT2D eigenvalue weighted by Gasteiger charge is -2.21. The van der Waals surface area contributed by atoms with Crippen molar-refractivity contribution < 1.29 is 4.79 Å². The van der Waals surface area contributed by atoms with Crippen LogP contribution in [0.5, 0.6) is 0 Å². The Morgan fingerprint density at radius 2 is 1.78 bits per heavy atom. The second-order valence-corrected chi connectivity index (χ2v) is 5.40. The summed E-state index contributed by atoms with van der Waals surface area (Å²) in [7, 11) is 2.95. The number of Topliss-reactive ketones (excluding diaryl/α,β-unsaturated/α-hetero) is 1. The van der Waals surface area contributed by atoms with Gasteiger partial charge in [-0.1, -0.05) is 19.8 Å². The summed E-state index contributed by atoms with van der Waals surface area (Å²) in [5.41, 5.74) is -1.21. The van der Waals surface area contributed by atoms with Crippen LogP contribution in [-0.4, -0.2) is 14.9 Å². The van der Waals surface area contributed by atoms with Gasteiger partial charge in [-0.25, -0.2) is 4.79 Å². The minimum atomic E-state index is -0.490. The average molecular weight is 250 g/mol. The number of nitrogens with zero attached hydrogens (tertiary/aromatic N) is 2. The quantitative estimate of drug-likeness (QED) is 0.731. The van der Waals surface area contributed by atoms with Gasteiger partial charge in [0.2, 0.25) is 0 Å². The Kier molecular flexibility index (Phi) is 3.00. The van der Waals surface area contributed by atoms with Gasteiger partial charge in [0.25, 0.3) is 5.56 Å². The van der Waals surface area contributed by atoms with E-state index in [1.165, 1.54) is 17.8 Å². The molecule has 5 nitrogen and oxygen atoms in total. The van der Waals surface area contributed by atoms with Crippen LogP contribution in [0.3, 0.4) is 0 Å². The molecule has 1 aliphatic carbocycles. The highest BCUT2D eigenvalue weighted by atomic mass is 16.2. The standard InChI is InChI=1S/C13H18N2O3/c1-13(6-4-5-7-13)10(16)9-8-14(2)12(18)15(3)11(9)17/h8H,4-7H2,1-3H3. The molecule has 1 heterocycles. The van der Waals surface area contributed by atoms with Gasteiger partial charge in [0.1, 0.15) is 0 Å². The number of aryl methyl sites for hydroxylation is 1. The molecule has 98 valence electrons. The van der Waals surface area contributed by atoms with E-state index in [4.69, 9.17) is 0 Å².